The number of hydrogen-bond donors (Lipinski definition) is 4. The van der Waals surface area contributed by atoms with Gasteiger partial charge in [0.05, 0.1) is 23.8 Å². The lowest BCUT2D eigenvalue weighted by molar-refractivity contribution is 0.0729. The van der Waals surface area contributed by atoms with Crippen LogP contribution in [0, 0.1) is 20.8 Å². The van der Waals surface area contributed by atoms with E-state index in [2.05, 4.69) is 20.4 Å². The summed E-state index contributed by atoms with van der Waals surface area (Å²) in [6.07, 6.45) is 0. The average molecular weight is 448 g/mol. The van der Waals surface area contributed by atoms with E-state index >= 15 is 0 Å². The summed E-state index contributed by atoms with van der Waals surface area (Å²) in [6.45, 7) is 5.44. The lowest BCUT2D eigenvalue weighted by Gasteiger charge is -2.18. The molecule has 0 saturated carbocycles. The van der Waals surface area contributed by atoms with Gasteiger partial charge in [0.25, 0.3) is 11.1 Å². The second-order valence-corrected chi connectivity index (χ2v) is 7.83. The zero-order valence-electron chi connectivity index (χ0n) is 18.7. The molecule has 170 valence electrons. The topological polar surface area (TPSA) is 133 Å². The highest BCUT2D eigenvalue weighted by atomic mass is 16.6. The van der Waals surface area contributed by atoms with E-state index in [1.807, 2.05) is 19.1 Å². The summed E-state index contributed by atoms with van der Waals surface area (Å²) in [6, 6.07) is 12.0. The Hall–Kier alpha value is -4.27. The molecule has 2 aromatic carbocycles. The van der Waals surface area contributed by atoms with Crippen molar-refractivity contribution in [2.45, 2.75) is 26.7 Å². The molecule has 0 aliphatic carbocycles. The highest BCUT2D eigenvalue weighted by molar-refractivity contribution is 5.91. The number of esters is 1. The lowest BCUT2D eigenvalue weighted by atomic mass is 9.85. The van der Waals surface area contributed by atoms with Crippen LogP contribution in [0.2, 0.25) is 0 Å². The van der Waals surface area contributed by atoms with Crippen molar-refractivity contribution >= 4 is 5.97 Å². The van der Waals surface area contributed by atoms with Crippen LogP contribution in [0.25, 0.3) is 0 Å². The summed E-state index contributed by atoms with van der Waals surface area (Å²) in [5.41, 5.74) is 3.46. The third-order valence-corrected chi connectivity index (χ3v) is 5.61. The van der Waals surface area contributed by atoms with Gasteiger partial charge in [-0.15, -0.1) is 0 Å². The minimum Gasteiger partial charge on any atom is -0.493 e. The molecule has 0 unspecified atom stereocenters. The van der Waals surface area contributed by atoms with Crippen molar-refractivity contribution in [1.29, 1.82) is 0 Å². The van der Waals surface area contributed by atoms with Gasteiger partial charge in [-0.3, -0.25) is 19.8 Å². The molecular weight excluding hydrogens is 424 g/mol. The van der Waals surface area contributed by atoms with Crippen molar-refractivity contribution in [1.82, 2.24) is 20.4 Å². The monoisotopic (exact) mass is 448 g/mol. The second kappa shape index (κ2) is 8.70. The van der Waals surface area contributed by atoms with E-state index in [0.29, 0.717) is 39.4 Å². The molecule has 0 aliphatic rings. The molecule has 0 fully saturated rings. The predicted octanol–water partition coefficient (Wildman–Crippen LogP) is 3.05. The first kappa shape index (κ1) is 21.9. The van der Waals surface area contributed by atoms with Crippen LogP contribution in [0.15, 0.2) is 52.1 Å². The molecule has 0 radical (unpaired) electrons. The molecule has 0 amide bonds. The molecule has 0 bridgehead atoms. The molecule has 2 aromatic heterocycles. The number of aromatic amines is 4. The summed E-state index contributed by atoms with van der Waals surface area (Å²) >= 11 is 0. The van der Waals surface area contributed by atoms with Crippen molar-refractivity contribution in [3.8, 4) is 11.5 Å². The Balaban J connectivity index is 1.78. The number of rotatable bonds is 6. The Morgan fingerprint density at radius 1 is 0.788 bits per heavy atom. The number of nitrogens with one attached hydrogen (secondary N) is 4. The van der Waals surface area contributed by atoms with Gasteiger partial charge < -0.3 is 19.7 Å². The van der Waals surface area contributed by atoms with Gasteiger partial charge in [0, 0.05) is 17.3 Å². The Kier molecular flexibility index (Phi) is 5.78. The van der Waals surface area contributed by atoms with Crippen LogP contribution in [-0.4, -0.2) is 33.5 Å². The van der Waals surface area contributed by atoms with E-state index in [1.54, 1.807) is 44.2 Å². The van der Waals surface area contributed by atoms with Gasteiger partial charge in [0.1, 0.15) is 0 Å². The summed E-state index contributed by atoms with van der Waals surface area (Å²) in [5.74, 6) is -0.670. The van der Waals surface area contributed by atoms with Crippen LogP contribution in [0.5, 0.6) is 11.5 Å². The molecule has 4 aromatic rings. The third-order valence-electron chi connectivity index (χ3n) is 5.61. The van der Waals surface area contributed by atoms with Crippen molar-refractivity contribution in [2.24, 2.45) is 0 Å². The second-order valence-electron chi connectivity index (χ2n) is 7.83. The molecule has 0 saturated heterocycles. The molecule has 0 aliphatic heterocycles. The van der Waals surface area contributed by atoms with Crippen LogP contribution < -0.4 is 20.6 Å². The summed E-state index contributed by atoms with van der Waals surface area (Å²) in [7, 11) is 1.46. The number of benzene rings is 2. The maximum atomic E-state index is 12.6. The van der Waals surface area contributed by atoms with E-state index in [1.165, 1.54) is 7.11 Å². The maximum absolute atomic E-state index is 12.6. The van der Waals surface area contributed by atoms with Crippen molar-refractivity contribution in [2.75, 3.05) is 7.11 Å². The Labute approximate surface area is 188 Å². The summed E-state index contributed by atoms with van der Waals surface area (Å²) in [4.78, 5) is 37.8. The molecule has 2 heterocycles. The van der Waals surface area contributed by atoms with Crippen molar-refractivity contribution < 1.29 is 14.3 Å². The fourth-order valence-corrected chi connectivity index (χ4v) is 3.88. The lowest BCUT2D eigenvalue weighted by Crippen LogP contribution is -2.20. The number of aryl methyl sites for hydroxylation is 3. The highest BCUT2D eigenvalue weighted by Crippen LogP contribution is 2.37. The molecule has 4 rings (SSSR count). The summed E-state index contributed by atoms with van der Waals surface area (Å²) in [5, 5.41) is 10.8. The minimum atomic E-state index is -0.675. The SMILES string of the molecule is COc1cc(C(c2c(C)[nH][nH]c2=O)c2c(C)[nH][nH]c2=O)ccc1OC(=O)c1ccc(C)cc1. The van der Waals surface area contributed by atoms with Gasteiger partial charge in [-0.2, -0.15) is 0 Å². The number of hydrogen-bond acceptors (Lipinski definition) is 5. The number of carbonyl (C=O) groups is 1. The molecule has 0 atom stereocenters. The molecule has 0 spiro atoms. The minimum absolute atomic E-state index is 0.227. The number of aromatic nitrogens is 4. The Bertz CT molecular complexity index is 1370. The van der Waals surface area contributed by atoms with Crippen LogP contribution in [0.1, 0.15) is 49.9 Å². The van der Waals surface area contributed by atoms with E-state index in [0.717, 1.165) is 5.56 Å². The number of methoxy groups -OCH3 is 1. The van der Waals surface area contributed by atoms with Crippen LogP contribution >= 0.6 is 0 Å². The number of H-pyrrole nitrogens is 4. The van der Waals surface area contributed by atoms with E-state index in [-0.39, 0.29) is 16.9 Å². The quantitative estimate of drug-likeness (QED) is 0.266. The highest BCUT2D eigenvalue weighted by Gasteiger charge is 2.29. The molecule has 9 heteroatoms. The van der Waals surface area contributed by atoms with Gasteiger partial charge in [-0.05, 0) is 50.6 Å². The zero-order chi connectivity index (χ0) is 23.7. The van der Waals surface area contributed by atoms with Gasteiger partial charge in [-0.25, -0.2) is 4.79 Å². The van der Waals surface area contributed by atoms with Crippen molar-refractivity contribution in [3.05, 3.63) is 102 Å². The normalized spacial score (nSPS) is 11.1. The first-order valence-corrected chi connectivity index (χ1v) is 10.3. The standard InChI is InChI=1S/C24H24N4O5/c1-12-5-7-15(8-6-12)24(31)33-17-10-9-16(11-18(17)32-4)21(19-13(2)25-27-22(19)29)20-14(3)26-28-23(20)30/h5-11,21H,1-4H3,(H2,25,27,29)(H2,26,28,30). The first-order valence-electron chi connectivity index (χ1n) is 10.3. The van der Waals surface area contributed by atoms with E-state index in [9.17, 15) is 14.4 Å². The fourth-order valence-electron chi connectivity index (χ4n) is 3.88. The van der Waals surface area contributed by atoms with Gasteiger partial charge >= 0.3 is 5.97 Å². The van der Waals surface area contributed by atoms with Crippen LogP contribution in [-0.2, 0) is 0 Å². The maximum Gasteiger partial charge on any atom is 0.343 e. The van der Waals surface area contributed by atoms with E-state index in [4.69, 9.17) is 9.47 Å². The molecular formula is C24H24N4O5. The smallest absolute Gasteiger partial charge is 0.343 e. The van der Waals surface area contributed by atoms with Gasteiger partial charge in [-0.1, -0.05) is 23.8 Å². The van der Waals surface area contributed by atoms with Crippen LogP contribution in [0.4, 0.5) is 0 Å². The largest absolute Gasteiger partial charge is 0.493 e. The van der Waals surface area contributed by atoms with Gasteiger partial charge in [0.15, 0.2) is 11.5 Å². The molecule has 33 heavy (non-hydrogen) atoms. The Morgan fingerprint density at radius 3 is 1.85 bits per heavy atom. The molecule has 9 nitrogen and oxygen atoms in total. The zero-order valence-corrected chi connectivity index (χ0v) is 18.7. The van der Waals surface area contributed by atoms with E-state index < -0.39 is 11.9 Å². The predicted molar refractivity (Wildman–Crippen MR) is 122 cm³/mol. The van der Waals surface area contributed by atoms with Crippen LogP contribution in [0.3, 0.4) is 0 Å². The van der Waals surface area contributed by atoms with Gasteiger partial charge in [0.2, 0.25) is 0 Å². The molecule has 4 N–H and O–H groups in total. The fraction of sp³-hybridized carbons (Fsp3) is 0.208. The number of carbonyl (C=O) groups excluding carboxylic acids is 1. The average Bonchev–Trinajstić information content (AvgIpc) is 3.31. The summed E-state index contributed by atoms with van der Waals surface area (Å²) < 4.78 is 11.0. The van der Waals surface area contributed by atoms with Crippen molar-refractivity contribution in [3.63, 3.8) is 0 Å². The third kappa shape index (κ3) is 4.12. The Morgan fingerprint density at radius 2 is 1.36 bits per heavy atom. The first-order chi connectivity index (χ1) is 15.8. The number of ether oxygens (including phenoxy) is 2.